The summed E-state index contributed by atoms with van der Waals surface area (Å²) in [5, 5.41) is 3.08. The van der Waals surface area contributed by atoms with Gasteiger partial charge in [-0.1, -0.05) is 24.3 Å². The highest BCUT2D eigenvalue weighted by Gasteiger charge is 2.37. The first-order valence-electron chi connectivity index (χ1n) is 6.54. The molecule has 1 unspecified atom stereocenters. The molecule has 0 aromatic heterocycles. The normalized spacial score (nSPS) is 21.4. The number of carbonyl (C=O) groups excluding carboxylic acids is 2. The van der Waals surface area contributed by atoms with Gasteiger partial charge in [-0.15, -0.1) is 12.4 Å². The van der Waals surface area contributed by atoms with Gasteiger partial charge in [0.15, 0.2) is 0 Å². The highest BCUT2D eigenvalue weighted by atomic mass is 35.5. The van der Waals surface area contributed by atoms with E-state index < -0.39 is 11.9 Å². The summed E-state index contributed by atoms with van der Waals surface area (Å²) in [5.41, 5.74) is 7.69. The van der Waals surface area contributed by atoms with E-state index in [4.69, 9.17) is 5.73 Å². The van der Waals surface area contributed by atoms with Crippen LogP contribution in [0.3, 0.4) is 0 Å². The molecule has 1 aromatic rings. The van der Waals surface area contributed by atoms with Gasteiger partial charge < -0.3 is 16.0 Å². The van der Waals surface area contributed by atoms with Crippen molar-refractivity contribution in [3.8, 4) is 0 Å². The SMILES string of the molecule is Cl.NC(=O)C1Cc2ccccc2CN1C(=O)C1CNC1. The highest BCUT2D eigenvalue weighted by molar-refractivity contribution is 5.89. The molecule has 0 bridgehead atoms. The topological polar surface area (TPSA) is 75.4 Å². The molecule has 0 saturated carbocycles. The van der Waals surface area contributed by atoms with E-state index in [9.17, 15) is 9.59 Å². The Balaban J connectivity index is 0.00000147. The Morgan fingerprint density at radius 2 is 1.85 bits per heavy atom. The standard InChI is InChI=1S/C14H17N3O2.ClH/c15-13(18)12-5-9-3-1-2-4-10(9)8-17(12)14(19)11-6-16-7-11;/h1-4,11-12,16H,5-8H2,(H2,15,18);1H. The molecule has 2 heterocycles. The van der Waals surface area contributed by atoms with E-state index in [2.05, 4.69) is 5.32 Å². The summed E-state index contributed by atoms with van der Waals surface area (Å²) in [6.45, 7) is 1.88. The van der Waals surface area contributed by atoms with Crippen LogP contribution in [-0.4, -0.2) is 35.8 Å². The molecule has 0 aliphatic carbocycles. The van der Waals surface area contributed by atoms with Crippen LogP contribution in [0.2, 0.25) is 0 Å². The number of benzene rings is 1. The second kappa shape index (κ2) is 5.81. The predicted molar refractivity (Wildman–Crippen MR) is 77.3 cm³/mol. The number of hydrogen-bond donors (Lipinski definition) is 2. The molecule has 1 aromatic carbocycles. The van der Waals surface area contributed by atoms with Crippen molar-refractivity contribution in [3.05, 3.63) is 35.4 Å². The average Bonchev–Trinajstić information content (AvgIpc) is 2.35. The highest BCUT2D eigenvalue weighted by Crippen LogP contribution is 2.25. The van der Waals surface area contributed by atoms with Gasteiger partial charge in [0.1, 0.15) is 6.04 Å². The summed E-state index contributed by atoms with van der Waals surface area (Å²) < 4.78 is 0. The summed E-state index contributed by atoms with van der Waals surface area (Å²) in [5.74, 6) is -0.390. The van der Waals surface area contributed by atoms with Crippen molar-refractivity contribution in [2.24, 2.45) is 11.7 Å². The number of hydrogen-bond acceptors (Lipinski definition) is 3. The van der Waals surface area contributed by atoms with Crippen LogP contribution in [-0.2, 0) is 22.6 Å². The third-order valence-corrected chi connectivity index (χ3v) is 3.99. The number of nitrogens with zero attached hydrogens (tertiary/aromatic N) is 1. The van der Waals surface area contributed by atoms with Crippen LogP contribution >= 0.6 is 12.4 Å². The van der Waals surface area contributed by atoms with Crippen molar-refractivity contribution in [1.82, 2.24) is 10.2 Å². The molecule has 3 N–H and O–H groups in total. The van der Waals surface area contributed by atoms with Crippen LogP contribution in [0.1, 0.15) is 11.1 Å². The minimum Gasteiger partial charge on any atom is -0.368 e. The maximum Gasteiger partial charge on any atom is 0.240 e. The largest absolute Gasteiger partial charge is 0.368 e. The van der Waals surface area contributed by atoms with E-state index in [1.807, 2.05) is 24.3 Å². The van der Waals surface area contributed by atoms with Crippen molar-refractivity contribution in [2.45, 2.75) is 19.0 Å². The fourth-order valence-electron chi connectivity index (χ4n) is 2.71. The molecule has 2 aliphatic rings. The van der Waals surface area contributed by atoms with Crippen LogP contribution in [0.25, 0.3) is 0 Å². The van der Waals surface area contributed by atoms with E-state index in [1.54, 1.807) is 4.90 Å². The molecule has 1 saturated heterocycles. The zero-order valence-corrected chi connectivity index (χ0v) is 11.9. The lowest BCUT2D eigenvalue weighted by Gasteiger charge is -2.39. The zero-order valence-electron chi connectivity index (χ0n) is 11.0. The lowest BCUT2D eigenvalue weighted by atomic mass is 9.91. The Labute approximate surface area is 123 Å². The summed E-state index contributed by atoms with van der Waals surface area (Å²) in [4.78, 5) is 25.7. The Hall–Kier alpha value is -1.59. The van der Waals surface area contributed by atoms with Gasteiger partial charge in [-0.25, -0.2) is 0 Å². The number of amides is 2. The van der Waals surface area contributed by atoms with Gasteiger partial charge in [0.2, 0.25) is 11.8 Å². The number of rotatable bonds is 2. The van der Waals surface area contributed by atoms with Crippen LogP contribution < -0.4 is 11.1 Å². The van der Waals surface area contributed by atoms with Crippen LogP contribution in [0.5, 0.6) is 0 Å². The Bertz CT molecular complexity index is 531. The molecule has 6 heteroatoms. The molecule has 20 heavy (non-hydrogen) atoms. The van der Waals surface area contributed by atoms with E-state index in [-0.39, 0.29) is 24.2 Å². The lowest BCUT2D eigenvalue weighted by Crippen LogP contribution is -2.58. The smallest absolute Gasteiger partial charge is 0.240 e. The first-order valence-corrected chi connectivity index (χ1v) is 6.54. The molecule has 0 radical (unpaired) electrons. The zero-order chi connectivity index (χ0) is 13.4. The maximum atomic E-state index is 12.4. The maximum absolute atomic E-state index is 12.4. The molecular weight excluding hydrogens is 278 g/mol. The molecule has 5 nitrogen and oxygen atoms in total. The van der Waals surface area contributed by atoms with Crippen LogP contribution in [0.4, 0.5) is 0 Å². The van der Waals surface area contributed by atoms with Crippen LogP contribution in [0.15, 0.2) is 24.3 Å². The number of primary amides is 1. The Morgan fingerprint density at radius 1 is 1.20 bits per heavy atom. The molecule has 1 atom stereocenters. The van der Waals surface area contributed by atoms with Gasteiger partial charge >= 0.3 is 0 Å². The Morgan fingerprint density at radius 3 is 2.40 bits per heavy atom. The van der Waals surface area contributed by atoms with E-state index in [0.29, 0.717) is 26.1 Å². The molecule has 1 fully saturated rings. The summed E-state index contributed by atoms with van der Waals surface area (Å²) in [6.07, 6.45) is 0.525. The third kappa shape index (κ3) is 2.51. The summed E-state index contributed by atoms with van der Waals surface area (Å²) in [6, 6.07) is 7.40. The van der Waals surface area contributed by atoms with Gasteiger partial charge in [0.05, 0.1) is 5.92 Å². The third-order valence-electron chi connectivity index (χ3n) is 3.99. The number of nitrogens with two attached hydrogens (primary N) is 1. The quantitative estimate of drug-likeness (QED) is 0.810. The number of carbonyl (C=O) groups is 2. The predicted octanol–water partition coefficient (Wildman–Crippen LogP) is 0.0664. The summed E-state index contributed by atoms with van der Waals surface area (Å²) in [7, 11) is 0. The molecule has 2 amide bonds. The van der Waals surface area contributed by atoms with Gasteiger partial charge in [-0.3, -0.25) is 9.59 Å². The first kappa shape index (κ1) is 14.8. The Kier molecular flexibility index (Phi) is 4.30. The number of nitrogens with one attached hydrogen (secondary N) is 1. The van der Waals surface area contributed by atoms with Gasteiger partial charge in [-0.05, 0) is 11.1 Å². The molecule has 0 spiro atoms. The van der Waals surface area contributed by atoms with E-state index in [0.717, 1.165) is 11.1 Å². The number of halogens is 1. The molecular formula is C14H18ClN3O2. The minimum absolute atomic E-state index is 0. The second-order valence-corrected chi connectivity index (χ2v) is 5.21. The molecule has 3 rings (SSSR count). The van der Waals surface area contributed by atoms with Gasteiger partial charge in [0.25, 0.3) is 0 Å². The van der Waals surface area contributed by atoms with E-state index >= 15 is 0 Å². The summed E-state index contributed by atoms with van der Waals surface area (Å²) >= 11 is 0. The molecule has 2 aliphatic heterocycles. The number of fused-ring (bicyclic) bond motifs is 1. The van der Waals surface area contributed by atoms with Gasteiger partial charge in [0, 0.05) is 26.1 Å². The van der Waals surface area contributed by atoms with Crippen molar-refractivity contribution in [3.63, 3.8) is 0 Å². The monoisotopic (exact) mass is 295 g/mol. The lowest BCUT2D eigenvalue weighted by molar-refractivity contribution is -0.145. The fraction of sp³-hybridized carbons (Fsp3) is 0.429. The van der Waals surface area contributed by atoms with Crippen molar-refractivity contribution in [2.75, 3.05) is 13.1 Å². The van der Waals surface area contributed by atoms with Gasteiger partial charge in [-0.2, -0.15) is 0 Å². The van der Waals surface area contributed by atoms with Crippen molar-refractivity contribution >= 4 is 24.2 Å². The van der Waals surface area contributed by atoms with Crippen LogP contribution in [0, 0.1) is 5.92 Å². The van der Waals surface area contributed by atoms with Crippen molar-refractivity contribution < 1.29 is 9.59 Å². The average molecular weight is 296 g/mol. The van der Waals surface area contributed by atoms with Crippen molar-refractivity contribution in [1.29, 1.82) is 0 Å². The second-order valence-electron chi connectivity index (χ2n) is 5.21. The first-order chi connectivity index (χ1) is 9.16. The fourth-order valence-corrected chi connectivity index (χ4v) is 2.71. The minimum atomic E-state index is -0.511. The molecule has 108 valence electrons. The van der Waals surface area contributed by atoms with E-state index in [1.165, 1.54) is 0 Å².